The highest BCUT2D eigenvalue weighted by Crippen LogP contribution is 2.36. The number of carbonyl (C=O) groups excluding carboxylic acids is 2. The number of hydrogen-bond donors (Lipinski definition) is 2. The molecular formula is C19H24F2N4O2. The van der Waals surface area contributed by atoms with E-state index in [-0.39, 0.29) is 42.6 Å². The van der Waals surface area contributed by atoms with Crippen LogP contribution in [0.15, 0.2) is 6.07 Å². The zero-order valence-corrected chi connectivity index (χ0v) is 15.5. The summed E-state index contributed by atoms with van der Waals surface area (Å²) in [7, 11) is 0. The molecular weight excluding hydrogens is 354 g/mol. The average Bonchev–Trinajstić information content (AvgIpc) is 2.97. The van der Waals surface area contributed by atoms with Crippen molar-refractivity contribution in [3.05, 3.63) is 28.8 Å². The van der Waals surface area contributed by atoms with E-state index in [2.05, 4.69) is 10.6 Å². The highest BCUT2D eigenvalue weighted by atomic mass is 19.1. The van der Waals surface area contributed by atoms with Gasteiger partial charge >= 0.3 is 0 Å². The van der Waals surface area contributed by atoms with Crippen LogP contribution in [0.25, 0.3) is 0 Å². The standard InChI is InChI=1S/C19H24F2N4O2/c1-10-6-25(7-11(2)22-10)18-14(20)5-12-8-24(9-13(12)17(18)21)15-3-4-16(26)23-19(15)27/h5,10-11,15,22H,3-4,6-9H2,1-2H3,(H,23,26,27). The topological polar surface area (TPSA) is 64.7 Å². The van der Waals surface area contributed by atoms with Gasteiger partial charge in [0.2, 0.25) is 11.8 Å². The van der Waals surface area contributed by atoms with Crippen molar-refractivity contribution < 1.29 is 18.4 Å². The number of rotatable bonds is 2. The molecule has 3 aliphatic heterocycles. The number of piperidine rings is 1. The van der Waals surface area contributed by atoms with Crippen molar-refractivity contribution in [3.63, 3.8) is 0 Å². The Morgan fingerprint density at radius 3 is 2.48 bits per heavy atom. The quantitative estimate of drug-likeness (QED) is 0.759. The van der Waals surface area contributed by atoms with Crippen molar-refractivity contribution >= 4 is 17.5 Å². The summed E-state index contributed by atoms with van der Waals surface area (Å²) < 4.78 is 30.1. The number of piperazine rings is 1. The van der Waals surface area contributed by atoms with Crippen LogP contribution < -0.4 is 15.5 Å². The van der Waals surface area contributed by atoms with Gasteiger partial charge in [-0.3, -0.25) is 19.8 Å². The third-order valence-electron chi connectivity index (χ3n) is 5.65. The summed E-state index contributed by atoms with van der Waals surface area (Å²) in [6.45, 7) is 5.62. The van der Waals surface area contributed by atoms with Crippen molar-refractivity contribution in [1.82, 2.24) is 15.5 Å². The largest absolute Gasteiger partial charge is 0.364 e. The van der Waals surface area contributed by atoms with E-state index < -0.39 is 17.7 Å². The third-order valence-corrected chi connectivity index (χ3v) is 5.65. The van der Waals surface area contributed by atoms with Gasteiger partial charge in [0, 0.05) is 50.2 Å². The van der Waals surface area contributed by atoms with Crippen LogP contribution in [0, 0.1) is 11.6 Å². The van der Waals surface area contributed by atoms with Gasteiger partial charge in [-0.1, -0.05) is 0 Å². The number of halogens is 2. The van der Waals surface area contributed by atoms with Crippen LogP contribution in [-0.2, 0) is 22.7 Å². The molecule has 0 aromatic heterocycles. The summed E-state index contributed by atoms with van der Waals surface area (Å²) in [5.74, 6) is -1.72. The molecule has 3 heterocycles. The zero-order valence-electron chi connectivity index (χ0n) is 15.5. The van der Waals surface area contributed by atoms with Crippen molar-refractivity contribution in [2.45, 2.75) is 57.9 Å². The van der Waals surface area contributed by atoms with E-state index >= 15 is 4.39 Å². The average molecular weight is 378 g/mol. The van der Waals surface area contributed by atoms with Gasteiger partial charge in [-0.05, 0) is 31.9 Å². The summed E-state index contributed by atoms with van der Waals surface area (Å²) in [4.78, 5) is 27.1. The molecule has 4 rings (SSSR count). The summed E-state index contributed by atoms with van der Waals surface area (Å²) in [5, 5.41) is 5.69. The molecule has 0 aliphatic carbocycles. The van der Waals surface area contributed by atoms with Crippen LogP contribution in [0.3, 0.4) is 0 Å². The maximum Gasteiger partial charge on any atom is 0.243 e. The molecule has 27 heavy (non-hydrogen) atoms. The normalized spacial score (nSPS) is 29.0. The molecule has 0 spiro atoms. The predicted octanol–water partition coefficient (Wildman–Crippen LogP) is 1.27. The molecule has 3 atom stereocenters. The van der Waals surface area contributed by atoms with Crippen LogP contribution in [-0.4, -0.2) is 47.9 Å². The molecule has 2 fully saturated rings. The van der Waals surface area contributed by atoms with Gasteiger partial charge in [0.05, 0.1) is 6.04 Å². The molecule has 1 aromatic rings. The van der Waals surface area contributed by atoms with Crippen LogP contribution >= 0.6 is 0 Å². The van der Waals surface area contributed by atoms with E-state index in [1.165, 1.54) is 6.07 Å². The maximum atomic E-state index is 15.3. The Labute approximate surface area is 156 Å². The third kappa shape index (κ3) is 3.32. The van der Waals surface area contributed by atoms with Gasteiger partial charge in [-0.25, -0.2) is 8.78 Å². The van der Waals surface area contributed by atoms with Crippen molar-refractivity contribution in [1.29, 1.82) is 0 Å². The highest BCUT2D eigenvalue weighted by Gasteiger charge is 2.37. The van der Waals surface area contributed by atoms with Crippen LogP contribution in [0.1, 0.15) is 37.8 Å². The SMILES string of the molecule is CC1CN(c2c(F)cc3c(c2F)CN(C2CCC(=O)NC2=O)C3)CC(C)N1. The van der Waals surface area contributed by atoms with Gasteiger partial charge in [0.25, 0.3) is 0 Å². The highest BCUT2D eigenvalue weighted by molar-refractivity contribution is 6.00. The molecule has 3 unspecified atom stereocenters. The first-order chi connectivity index (χ1) is 12.8. The van der Waals surface area contributed by atoms with E-state index in [9.17, 15) is 14.0 Å². The summed E-state index contributed by atoms with van der Waals surface area (Å²) in [5.41, 5.74) is 1.06. The Balaban J connectivity index is 1.60. The molecule has 146 valence electrons. The number of amides is 2. The first-order valence-electron chi connectivity index (χ1n) is 9.42. The molecule has 2 saturated heterocycles. The van der Waals surface area contributed by atoms with Crippen LogP contribution in [0.2, 0.25) is 0 Å². The van der Waals surface area contributed by atoms with Crippen LogP contribution in [0.4, 0.5) is 14.5 Å². The minimum absolute atomic E-state index is 0.0269. The molecule has 0 radical (unpaired) electrons. The molecule has 6 nitrogen and oxygen atoms in total. The first-order valence-corrected chi connectivity index (χ1v) is 9.42. The Bertz CT molecular complexity index is 790. The van der Waals surface area contributed by atoms with E-state index in [0.29, 0.717) is 37.2 Å². The smallest absolute Gasteiger partial charge is 0.243 e. The Kier molecular flexibility index (Phi) is 4.63. The van der Waals surface area contributed by atoms with Gasteiger partial charge in [-0.15, -0.1) is 0 Å². The van der Waals surface area contributed by atoms with E-state index in [1.54, 1.807) is 4.90 Å². The summed E-state index contributed by atoms with van der Waals surface area (Å²) in [6.07, 6.45) is 0.671. The minimum atomic E-state index is -0.558. The number of imide groups is 1. The number of carbonyl (C=O) groups is 2. The fourth-order valence-electron chi connectivity index (χ4n) is 4.54. The van der Waals surface area contributed by atoms with Gasteiger partial charge in [0.15, 0.2) is 5.82 Å². The van der Waals surface area contributed by atoms with Crippen molar-refractivity contribution in [3.8, 4) is 0 Å². The molecule has 2 N–H and O–H groups in total. The Morgan fingerprint density at radius 1 is 1.11 bits per heavy atom. The maximum absolute atomic E-state index is 15.3. The lowest BCUT2D eigenvalue weighted by atomic mass is 10.0. The number of anilines is 1. The van der Waals surface area contributed by atoms with Gasteiger partial charge in [0.1, 0.15) is 11.5 Å². The lowest BCUT2D eigenvalue weighted by molar-refractivity contribution is -0.137. The lowest BCUT2D eigenvalue weighted by Crippen LogP contribution is -2.54. The summed E-state index contributed by atoms with van der Waals surface area (Å²) >= 11 is 0. The Morgan fingerprint density at radius 2 is 1.81 bits per heavy atom. The molecule has 0 bridgehead atoms. The molecule has 3 aliphatic rings. The Hall–Kier alpha value is -2.06. The molecule has 8 heteroatoms. The molecule has 2 amide bonds. The number of hydrogen-bond acceptors (Lipinski definition) is 5. The lowest BCUT2D eigenvalue weighted by Gasteiger charge is -2.38. The monoisotopic (exact) mass is 378 g/mol. The number of nitrogens with zero attached hydrogens (tertiary/aromatic N) is 2. The molecule has 1 aromatic carbocycles. The van der Waals surface area contributed by atoms with E-state index in [1.807, 2.05) is 18.7 Å². The number of benzene rings is 1. The van der Waals surface area contributed by atoms with Crippen molar-refractivity contribution in [2.75, 3.05) is 18.0 Å². The second-order valence-electron chi connectivity index (χ2n) is 7.90. The van der Waals surface area contributed by atoms with Crippen molar-refractivity contribution in [2.24, 2.45) is 0 Å². The predicted molar refractivity (Wildman–Crippen MR) is 96.0 cm³/mol. The first kappa shape index (κ1) is 18.3. The van der Waals surface area contributed by atoms with E-state index in [4.69, 9.17) is 0 Å². The minimum Gasteiger partial charge on any atom is -0.364 e. The number of fused-ring (bicyclic) bond motifs is 1. The second-order valence-corrected chi connectivity index (χ2v) is 7.90. The number of nitrogens with one attached hydrogen (secondary N) is 2. The van der Waals surface area contributed by atoms with Gasteiger partial charge < -0.3 is 10.2 Å². The fourth-order valence-corrected chi connectivity index (χ4v) is 4.54. The van der Waals surface area contributed by atoms with E-state index in [0.717, 1.165) is 0 Å². The van der Waals surface area contributed by atoms with Gasteiger partial charge in [-0.2, -0.15) is 0 Å². The molecule has 0 saturated carbocycles. The fraction of sp³-hybridized carbons (Fsp3) is 0.579. The van der Waals surface area contributed by atoms with Crippen LogP contribution in [0.5, 0.6) is 0 Å². The summed E-state index contributed by atoms with van der Waals surface area (Å²) in [6, 6.07) is 1.19. The second kappa shape index (κ2) is 6.83. The zero-order chi connectivity index (χ0) is 19.3.